The number of aliphatic hydroxyl groups is 1. The number of carbonyl (C=O) groups excluding carboxylic acids is 1. The van der Waals surface area contributed by atoms with Gasteiger partial charge >= 0.3 is 0 Å². The van der Waals surface area contributed by atoms with E-state index in [4.69, 9.17) is 9.47 Å². The first-order chi connectivity index (χ1) is 11.1. The summed E-state index contributed by atoms with van der Waals surface area (Å²) >= 11 is 3.39. The lowest BCUT2D eigenvalue weighted by atomic mass is 10.1. The molecule has 0 fully saturated rings. The smallest absolute Gasteiger partial charge is 0.273 e. The number of fused-ring (bicyclic) bond motifs is 1. The maximum Gasteiger partial charge on any atom is 0.273 e. The molecule has 2 aromatic carbocycles. The Labute approximate surface area is 140 Å². The van der Waals surface area contributed by atoms with E-state index >= 15 is 0 Å². The average molecular weight is 377 g/mol. The third kappa shape index (κ3) is 3.52. The number of hydrogen-bond acceptors (Lipinski definition) is 5. The Balaban J connectivity index is 1.66. The summed E-state index contributed by atoms with van der Waals surface area (Å²) in [7, 11) is 0. The zero-order valence-corrected chi connectivity index (χ0v) is 13.5. The molecule has 1 amide bonds. The summed E-state index contributed by atoms with van der Waals surface area (Å²) in [4.78, 5) is 11.9. The molecule has 0 spiro atoms. The van der Waals surface area contributed by atoms with Crippen LogP contribution in [0.2, 0.25) is 0 Å². The van der Waals surface area contributed by atoms with Crippen LogP contribution in [0.3, 0.4) is 0 Å². The van der Waals surface area contributed by atoms with Crippen molar-refractivity contribution in [1.29, 1.82) is 0 Å². The number of halogens is 1. The van der Waals surface area contributed by atoms with E-state index in [1.54, 1.807) is 36.4 Å². The second kappa shape index (κ2) is 6.80. The summed E-state index contributed by atoms with van der Waals surface area (Å²) in [6, 6.07) is 12.2. The van der Waals surface area contributed by atoms with Crippen LogP contribution in [0.15, 0.2) is 52.0 Å². The molecular weight excluding hydrogens is 364 g/mol. The third-order valence-electron chi connectivity index (χ3n) is 3.23. The first-order valence-corrected chi connectivity index (χ1v) is 7.59. The molecule has 1 aliphatic rings. The Hall–Kier alpha value is -2.38. The first kappa shape index (κ1) is 15.5. The van der Waals surface area contributed by atoms with Gasteiger partial charge in [0.2, 0.25) is 6.79 Å². The molecule has 0 aliphatic carbocycles. The third-order valence-corrected chi connectivity index (χ3v) is 3.92. The molecule has 118 valence electrons. The van der Waals surface area contributed by atoms with Crippen molar-refractivity contribution in [2.75, 3.05) is 6.79 Å². The van der Waals surface area contributed by atoms with Crippen LogP contribution in [0.4, 0.5) is 0 Å². The van der Waals surface area contributed by atoms with Gasteiger partial charge in [-0.2, -0.15) is 5.10 Å². The van der Waals surface area contributed by atoms with Crippen molar-refractivity contribution in [3.8, 4) is 11.5 Å². The van der Waals surface area contributed by atoms with Crippen LogP contribution in [0.5, 0.6) is 11.5 Å². The number of benzene rings is 2. The van der Waals surface area contributed by atoms with Crippen LogP contribution >= 0.6 is 15.9 Å². The molecule has 1 unspecified atom stereocenters. The van der Waals surface area contributed by atoms with E-state index in [9.17, 15) is 9.90 Å². The fourth-order valence-electron chi connectivity index (χ4n) is 2.05. The fraction of sp³-hybridized carbons (Fsp3) is 0.125. The maximum atomic E-state index is 11.9. The summed E-state index contributed by atoms with van der Waals surface area (Å²) in [5.74, 6) is 0.659. The van der Waals surface area contributed by atoms with E-state index in [0.29, 0.717) is 22.6 Å². The monoisotopic (exact) mass is 376 g/mol. The lowest BCUT2D eigenvalue weighted by Crippen LogP contribution is -2.25. The standard InChI is InChI=1S/C16H13BrN2O4/c17-12-7-14-13(22-9-23-14)6-11(12)8-18-19-16(21)15(20)10-4-2-1-3-5-10/h1-8,15,20H,9H2,(H,19,21). The number of ether oxygens (including phenoxy) is 2. The van der Waals surface area contributed by atoms with Gasteiger partial charge in [-0.05, 0) is 33.6 Å². The number of amides is 1. The number of hydrogen-bond donors (Lipinski definition) is 2. The van der Waals surface area contributed by atoms with E-state index in [-0.39, 0.29) is 6.79 Å². The number of nitrogens with one attached hydrogen (secondary N) is 1. The first-order valence-electron chi connectivity index (χ1n) is 6.80. The van der Waals surface area contributed by atoms with E-state index in [2.05, 4.69) is 26.5 Å². The maximum absolute atomic E-state index is 11.9. The van der Waals surface area contributed by atoms with Gasteiger partial charge in [-0.25, -0.2) is 5.43 Å². The molecule has 6 nitrogen and oxygen atoms in total. The number of hydrazone groups is 1. The summed E-state index contributed by atoms with van der Waals surface area (Å²) in [6.45, 7) is 0.183. The summed E-state index contributed by atoms with van der Waals surface area (Å²) in [6.07, 6.45) is 0.190. The van der Waals surface area contributed by atoms with Gasteiger partial charge in [0.05, 0.1) is 6.21 Å². The minimum Gasteiger partial charge on any atom is -0.454 e. The van der Waals surface area contributed by atoms with Crippen molar-refractivity contribution in [3.05, 3.63) is 58.1 Å². The van der Waals surface area contributed by atoms with Gasteiger partial charge in [0, 0.05) is 10.0 Å². The molecule has 3 rings (SSSR count). The zero-order valence-electron chi connectivity index (χ0n) is 11.9. The molecule has 0 saturated heterocycles. The molecule has 0 aromatic heterocycles. The molecule has 0 bridgehead atoms. The molecule has 1 atom stereocenters. The highest BCUT2D eigenvalue weighted by Crippen LogP contribution is 2.36. The zero-order chi connectivity index (χ0) is 16.2. The average Bonchev–Trinajstić information content (AvgIpc) is 3.02. The topological polar surface area (TPSA) is 80.2 Å². The van der Waals surface area contributed by atoms with Gasteiger partial charge in [0.1, 0.15) is 0 Å². The van der Waals surface area contributed by atoms with Crippen LogP contribution in [0, 0.1) is 0 Å². The van der Waals surface area contributed by atoms with Crippen molar-refractivity contribution in [2.24, 2.45) is 5.10 Å². The second-order valence-electron chi connectivity index (χ2n) is 4.77. The van der Waals surface area contributed by atoms with Gasteiger partial charge in [-0.15, -0.1) is 0 Å². The minimum absolute atomic E-state index is 0.183. The highest BCUT2D eigenvalue weighted by molar-refractivity contribution is 9.10. The summed E-state index contributed by atoms with van der Waals surface area (Å²) in [5, 5.41) is 13.8. The summed E-state index contributed by atoms with van der Waals surface area (Å²) < 4.78 is 11.3. The molecular formula is C16H13BrN2O4. The molecule has 1 aliphatic heterocycles. The van der Waals surface area contributed by atoms with Crippen molar-refractivity contribution in [3.63, 3.8) is 0 Å². The lowest BCUT2D eigenvalue weighted by Gasteiger charge is -2.08. The van der Waals surface area contributed by atoms with Crippen molar-refractivity contribution < 1.29 is 19.4 Å². The van der Waals surface area contributed by atoms with E-state index in [0.717, 1.165) is 4.47 Å². The van der Waals surface area contributed by atoms with Crippen LogP contribution < -0.4 is 14.9 Å². The molecule has 7 heteroatoms. The number of carbonyl (C=O) groups is 1. The minimum atomic E-state index is -1.27. The summed E-state index contributed by atoms with van der Waals surface area (Å²) in [5.41, 5.74) is 3.53. The molecule has 2 aromatic rings. The Bertz CT molecular complexity index is 749. The van der Waals surface area contributed by atoms with E-state index in [1.807, 2.05) is 6.07 Å². The molecule has 1 heterocycles. The Kier molecular flexibility index (Phi) is 4.59. The van der Waals surface area contributed by atoms with E-state index in [1.165, 1.54) is 6.21 Å². The number of aliphatic hydroxyl groups excluding tert-OH is 1. The highest BCUT2D eigenvalue weighted by Gasteiger charge is 2.17. The SMILES string of the molecule is O=C(NN=Cc1cc2c(cc1Br)OCO2)C(O)c1ccccc1. The van der Waals surface area contributed by atoms with Crippen LogP contribution in [0.25, 0.3) is 0 Å². The number of rotatable bonds is 4. The normalized spacial score (nSPS) is 14.0. The van der Waals surface area contributed by atoms with Gasteiger partial charge in [-0.3, -0.25) is 4.79 Å². The van der Waals surface area contributed by atoms with Gasteiger partial charge in [0.15, 0.2) is 17.6 Å². The van der Waals surface area contributed by atoms with E-state index < -0.39 is 12.0 Å². The van der Waals surface area contributed by atoms with Gasteiger partial charge < -0.3 is 14.6 Å². The van der Waals surface area contributed by atoms with Crippen LogP contribution in [-0.4, -0.2) is 24.0 Å². The Morgan fingerprint density at radius 2 is 1.96 bits per heavy atom. The van der Waals surface area contributed by atoms with Crippen molar-refractivity contribution in [1.82, 2.24) is 5.43 Å². The van der Waals surface area contributed by atoms with Crippen molar-refractivity contribution >= 4 is 28.1 Å². The highest BCUT2D eigenvalue weighted by atomic mass is 79.9. The lowest BCUT2D eigenvalue weighted by molar-refractivity contribution is -0.129. The molecule has 0 saturated carbocycles. The number of nitrogens with zero attached hydrogens (tertiary/aromatic N) is 1. The Morgan fingerprint density at radius 3 is 2.70 bits per heavy atom. The predicted octanol–water partition coefficient (Wildman–Crippen LogP) is 2.36. The van der Waals surface area contributed by atoms with Crippen LogP contribution in [-0.2, 0) is 4.79 Å². The predicted molar refractivity (Wildman–Crippen MR) is 87.4 cm³/mol. The molecule has 0 radical (unpaired) electrons. The van der Waals surface area contributed by atoms with Crippen molar-refractivity contribution in [2.45, 2.75) is 6.10 Å². The largest absolute Gasteiger partial charge is 0.454 e. The van der Waals surface area contributed by atoms with Crippen LogP contribution in [0.1, 0.15) is 17.2 Å². The van der Waals surface area contributed by atoms with Gasteiger partial charge in [0.25, 0.3) is 5.91 Å². The van der Waals surface area contributed by atoms with Gasteiger partial charge in [-0.1, -0.05) is 30.3 Å². The molecule has 2 N–H and O–H groups in total. The fourth-order valence-corrected chi connectivity index (χ4v) is 2.47. The quantitative estimate of drug-likeness (QED) is 0.633. The molecule has 23 heavy (non-hydrogen) atoms. The second-order valence-corrected chi connectivity index (χ2v) is 5.63. The Morgan fingerprint density at radius 1 is 1.26 bits per heavy atom.